The second-order valence-corrected chi connectivity index (χ2v) is 4.32. The van der Waals surface area contributed by atoms with Crippen LogP contribution in [0.1, 0.15) is 5.56 Å². The highest BCUT2D eigenvalue weighted by molar-refractivity contribution is 5.90. The largest absolute Gasteiger partial charge is 0.316 e. The van der Waals surface area contributed by atoms with E-state index < -0.39 is 0 Å². The number of hydrogen-bond donors (Lipinski definition) is 0. The van der Waals surface area contributed by atoms with Gasteiger partial charge in [-0.1, -0.05) is 30.4 Å². The Hall–Kier alpha value is -2.02. The Bertz CT molecular complexity index is 775. The van der Waals surface area contributed by atoms with Gasteiger partial charge in [-0.15, -0.1) is 0 Å². The van der Waals surface area contributed by atoms with Crippen LogP contribution in [0.3, 0.4) is 0 Å². The molecule has 0 radical (unpaired) electrons. The fourth-order valence-electron chi connectivity index (χ4n) is 2.67. The Morgan fingerprint density at radius 3 is 3.12 bits per heavy atom. The molecule has 0 aliphatic heterocycles. The third-order valence-electron chi connectivity index (χ3n) is 3.41. The summed E-state index contributed by atoms with van der Waals surface area (Å²) in [5, 5.41) is 2.70. The highest BCUT2D eigenvalue weighted by Crippen LogP contribution is 2.23. The molecule has 0 atom stereocenters. The molecule has 1 heteroatoms. The van der Waals surface area contributed by atoms with Crippen molar-refractivity contribution in [3.05, 3.63) is 59.5 Å². The molecule has 1 aromatic carbocycles. The van der Waals surface area contributed by atoms with Gasteiger partial charge in [0.1, 0.15) is 0 Å². The third kappa shape index (κ3) is 0.904. The first-order valence-electron chi connectivity index (χ1n) is 5.62. The van der Waals surface area contributed by atoms with Gasteiger partial charge in [-0.25, -0.2) is 0 Å². The number of benzene rings is 1. The number of allylic oxidation sites excluding steroid dienone is 2. The van der Waals surface area contributed by atoms with Crippen LogP contribution in [0.5, 0.6) is 0 Å². The van der Waals surface area contributed by atoms with E-state index in [-0.39, 0.29) is 0 Å². The van der Waals surface area contributed by atoms with Gasteiger partial charge in [0.15, 0.2) is 0 Å². The van der Waals surface area contributed by atoms with E-state index in [0.29, 0.717) is 0 Å². The molecule has 0 unspecified atom stereocenters. The van der Waals surface area contributed by atoms with Gasteiger partial charge in [-0.05, 0) is 35.4 Å². The van der Waals surface area contributed by atoms with Crippen molar-refractivity contribution in [1.82, 2.24) is 4.40 Å². The standard InChI is InChI=1S/C15H11N/c1-2-6-14-11(4-1)7-8-12-10-13-5-3-9-16(13)15(12)14/h1-5,7-10H,6H2. The SMILES string of the molecule is C1=CCc2c(ccc3cc4cccn4c23)=C1. The van der Waals surface area contributed by atoms with Crippen molar-refractivity contribution >= 4 is 22.5 Å². The number of nitrogens with zero attached hydrogens (tertiary/aromatic N) is 1. The van der Waals surface area contributed by atoms with E-state index in [1.165, 1.54) is 27.2 Å². The molecule has 0 spiro atoms. The van der Waals surface area contributed by atoms with E-state index in [1.807, 2.05) is 0 Å². The molecule has 0 saturated carbocycles. The van der Waals surface area contributed by atoms with Crippen molar-refractivity contribution in [3.8, 4) is 0 Å². The molecule has 1 nitrogen and oxygen atoms in total. The van der Waals surface area contributed by atoms with E-state index >= 15 is 0 Å². The first-order valence-corrected chi connectivity index (χ1v) is 5.62. The number of fused-ring (bicyclic) bond motifs is 5. The Morgan fingerprint density at radius 2 is 2.12 bits per heavy atom. The minimum atomic E-state index is 1.04. The molecule has 0 fully saturated rings. The summed E-state index contributed by atoms with van der Waals surface area (Å²) in [4.78, 5) is 0. The van der Waals surface area contributed by atoms with Crippen molar-refractivity contribution in [2.75, 3.05) is 0 Å². The molecule has 3 aromatic rings. The first kappa shape index (κ1) is 8.17. The van der Waals surface area contributed by atoms with Crippen LogP contribution in [0, 0.1) is 0 Å². The van der Waals surface area contributed by atoms with E-state index in [9.17, 15) is 0 Å². The third-order valence-corrected chi connectivity index (χ3v) is 3.41. The summed E-state index contributed by atoms with van der Waals surface area (Å²) in [6, 6.07) is 11.0. The minimum absolute atomic E-state index is 1.04. The van der Waals surface area contributed by atoms with Crippen LogP contribution >= 0.6 is 0 Å². The van der Waals surface area contributed by atoms with Crippen LogP contribution in [0.15, 0.2) is 48.7 Å². The Morgan fingerprint density at radius 1 is 1.12 bits per heavy atom. The van der Waals surface area contributed by atoms with Crippen LogP contribution in [0.25, 0.3) is 22.5 Å². The van der Waals surface area contributed by atoms with Gasteiger partial charge in [0.05, 0.1) is 5.52 Å². The lowest BCUT2D eigenvalue weighted by molar-refractivity contribution is 1.20. The lowest BCUT2D eigenvalue weighted by Crippen LogP contribution is -2.11. The summed E-state index contributed by atoms with van der Waals surface area (Å²) in [5.41, 5.74) is 4.11. The fourth-order valence-corrected chi connectivity index (χ4v) is 2.67. The predicted octanol–water partition coefficient (Wildman–Crippen LogP) is 2.70. The highest BCUT2D eigenvalue weighted by atomic mass is 14.9. The number of rotatable bonds is 0. The monoisotopic (exact) mass is 205 g/mol. The summed E-state index contributed by atoms with van der Waals surface area (Å²) < 4.78 is 2.29. The topological polar surface area (TPSA) is 4.41 Å². The average molecular weight is 205 g/mol. The zero-order chi connectivity index (χ0) is 10.5. The molecule has 76 valence electrons. The van der Waals surface area contributed by atoms with Gasteiger partial charge < -0.3 is 4.40 Å². The summed E-state index contributed by atoms with van der Waals surface area (Å²) in [5.74, 6) is 0. The zero-order valence-electron chi connectivity index (χ0n) is 8.85. The summed E-state index contributed by atoms with van der Waals surface area (Å²) >= 11 is 0. The molecule has 0 N–H and O–H groups in total. The molecule has 2 heterocycles. The van der Waals surface area contributed by atoms with Crippen molar-refractivity contribution in [3.63, 3.8) is 0 Å². The molecule has 0 amide bonds. The van der Waals surface area contributed by atoms with Crippen LogP contribution in [0.2, 0.25) is 0 Å². The number of hydrogen-bond acceptors (Lipinski definition) is 0. The van der Waals surface area contributed by atoms with Crippen LogP contribution in [-0.2, 0) is 6.42 Å². The van der Waals surface area contributed by atoms with Crippen molar-refractivity contribution < 1.29 is 0 Å². The van der Waals surface area contributed by atoms with E-state index in [1.54, 1.807) is 0 Å². The first-order chi connectivity index (χ1) is 7.93. The van der Waals surface area contributed by atoms with Crippen LogP contribution in [-0.4, -0.2) is 4.40 Å². The molecule has 16 heavy (non-hydrogen) atoms. The maximum absolute atomic E-state index is 2.29. The highest BCUT2D eigenvalue weighted by Gasteiger charge is 2.09. The van der Waals surface area contributed by atoms with Crippen molar-refractivity contribution in [1.29, 1.82) is 0 Å². The molecule has 4 rings (SSSR count). The molecular formula is C15H11N. The average Bonchev–Trinajstić information content (AvgIpc) is 2.88. The normalized spacial score (nSPS) is 14.2. The van der Waals surface area contributed by atoms with Crippen LogP contribution < -0.4 is 5.22 Å². The van der Waals surface area contributed by atoms with E-state index in [4.69, 9.17) is 0 Å². The summed E-state index contributed by atoms with van der Waals surface area (Å²) in [6.45, 7) is 0. The Kier molecular flexibility index (Phi) is 1.41. The van der Waals surface area contributed by atoms with Gasteiger partial charge >= 0.3 is 0 Å². The van der Waals surface area contributed by atoms with Gasteiger partial charge in [0.25, 0.3) is 0 Å². The van der Waals surface area contributed by atoms with E-state index in [2.05, 4.69) is 59.2 Å². The second kappa shape index (κ2) is 2.76. The van der Waals surface area contributed by atoms with Crippen molar-refractivity contribution in [2.45, 2.75) is 6.42 Å². The zero-order valence-corrected chi connectivity index (χ0v) is 8.85. The summed E-state index contributed by atoms with van der Waals surface area (Å²) in [7, 11) is 0. The van der Waals surface area contributed by atoms with Crippen LogP contribution in [0.4, 0.5) is 0 Å². The number of aromatic nitrogens is 1. The lowest BCUT2D eigenvalue weighted by atomic mass is 10.0. The minimum Gasteiger partial charge on any atom is -0.316 e. The quantitative estimate of drug-likeness (QED) is 0.531. The molecule has 2 aromatic heterocycles. The maximum Gasteiger partial charge on any atom is 0.0569 e. The second-order valence-electron chi connectivity index (χ2n) is 4.32. The van der Waals surface area contributed by atoms with Crippen molar-refractivity contribution in [2.24, 2.45) is 0 Å². The predicted molar refractivity (Wildman–Crippen MR) is 67.4 cm³/mol. The summed E-state index contributed by atoms with van der Waals surface area (Å²) in [6.07, 6.45) is 9.76. The molecule has 0 saturated heterocycles. The maximum atomic E-state index is 2.29. The Labute approximate surface area is 93.3 Å². The Balaban J connectivity index is 2.32. The molecular weight excluding hydrogens is 194 g/mol. The van der Waals surface area contributed by atoms with Gasteiger partial charge in [0.2, 0.25) is 0 Å². The van der Waals surface area contributed by atoms with Gasteiger partial charge in [-0.3, -0.25) is 0 Å². The lowest BCUT2D eigenvalue weighted by Gasteiger charge is -2.06. The molecule has 1 aliphatic rings. The fraction of sp³-hybridized carbons (Fsp3) is 0.0667. The smallest absolute Gasteiger partial charge is 0.0569 e. The molecule has 0 bridgehead atoms. The van der Waals surface area contributed by atoms with E-state index in [0.717, 1.165) is 6.42 Å². The van der Waals surface area contributed by atoms with Gasteiger partial charge in [0, 0.05) is 17.1 Å². The van der Waals surface area contributed by atoms with Gasteiger partial charge in [-0.2, -0.15) is 0 Å². The molecule has 1 aliphatic carbocycles.